The number of fused-ring (bicyclic) bond motifs is 1. The Kier molecular flexibility index (Phi) is 5.56. The van der Waals surface area contributed by atoms with Crippen LogP contribution < -0.4 is 15.4 Å². The van der Waals surface area contributed by atoms with E-state index >= 15 is 0 Å². The molecule has 2 N–H and O–H groups in total. The molecule has 3 rings (SSSR count). The molecule has 26 heavy (non-hydrogen) atoms. The second kappa shape index (κ2) is 8.04. The molecule has 2 amide bonds. The molecular formula is C21H24N2O3. The van der Waals surface area contributed by atoms with Crippen molar-refractivity contribution in [3.05, 3.63) is 65.2 Å². The van der Waals surface area contributed by atoms with Gasteiger partial charge in [-0.15, -0.1) is 0 Å². The van der Waals surface area contributed by atoms with Crippen LogP contribution in [0.15, 0.2) is 48.5 Å². The Morgan fingerprint density at radius 1 is 1.15 bits per heavy atom. The van der Waals surface area contributed by atoms with Crippen LogP contribution in [0.5, 0.6) is 5.75 Å². The van der Waals surface area contributed by atoms with Crippen molar-refractivity contribution >= 4 is 11.8 Å². The first-order chi connectivity index (χ1) is 12.5. The lowest BCUT2D eigenvalue weighted by molar-refractivity contribution is -0.123. The monoisotopic (exact) mass is 352 g/mol. The maximum atomic E-state index is 12.7. The number of para-hydroxylation sites is 1. The highest BCUT2D eigenvalue weighted by Gasteiger charge is 2.24. The SMILES string of the molecule is CC(=O)N[C@@H](CC(=O)N[C@H]1CCOc2ccccc21)c1ccc(C)cc1. The van der Waals surface area contributed by atoms with E-state index in [4.69, 9.17) is 4.74 Å². The fourth-order valence-corrected chi connectivity index (χ4v) is 3.23. The van der Waals surface area contributed by atoms with Crippen LogP contribution in [0, 0.1) is 6.92 Å². The van der Waals surface area contributed by atoms with E-state index in [9.17, 15) is 9.59 Å². The van der Waals surface area contributed by atoms with Gasteiger partial charge in [0.05, 0.1) is 25.1 Å². The quantitative estimate of drug-likeness (QED) is 0.868. The van der Waals surface area contributed by atoms with E-state index in [1.165, 1.54) is 6.92 Å². The third-order valence-corrected chi connectivity index (χ3v) is 4.54. The topological polar surface area (TPSA) is 67.4 Å². The first kappa shape index (κ1) is 18.0. The number of benzene rings is 2. The summed E-state index contributed by atoms with van der Waals surface area (Å²) in [5.74, 6) is 0.576. The third kappa shape index (κ3) is 4.42. The number of hydrogen-bond acceptors (Lipinski definition) is 3. The minimum atomic E-state index is -0.344. The van der Waals surface area contributed by atoms with E-state index in [0.717, 1.165) is 28.9 Å². The number of carbonyl (C=O) groups is 2. The van der Waals surface area contributed by atoms with Crippen molar-refractivity contribution in [1.82, 2.24) is 10.6 Å². The van der Waals surface area contributed by atoms with E-state index in [1.807, 2.05) is 55.5 Å². The van der Waals surface area contributed by atoms with Crippen molar-refractivity contribution in [2.75, 3.05) is 6.61 Å². The molecule has 0 fully saturated rings. The lowest BCUT2D eigenvalue weighted by Crippen LogP contribution is -2.36. The Bertz CT molecular complexity index is 786. The predicted molar refractivity (Wildman–Crippen MR) is 99.8 cm³/mol. The predicted octanol–water partition coefficient (Wildman–Crippen LogP) is 3.20. The molecule has 0 aliphatic carbocycles. The zero-order valence-corrected chi connectivity index (χ0v) is 15.1. The van der Waals surface area contributed by atoms with Crippen molar-refractivity contribution in [1.29, 1.82) is 0 Å². The normalized spacial score (nSPS) is 16.8. The summed E-state index contributed by atoms with van der Waals surface area (Å²) in [4.78, 5) is 24.2. The van der Waals surface area contributed by atoms with Gasteiger partial charge >= 0.3 is 0 Å². The summed E-state index contributed by atoms with van der Waals surface area (Å²) >= 11 is 0. The van der Waals surface area contributed by atoms with Gasteiger partial charge in [0.25, 0.3) is 0 Å². The molecule has 0 unspecified atom stereocenters. The Morgan fingerprint density at radius 2 is 1.88 bits per heavy atom. The zero-order chi connectivity index (χ0) is 18.5. The fourth-order valence-electron chi connectivity index (χ4n) is 3.23. The molecule has 1 aliphatic rings. The van der Waals surface area contributed by atoms with Crippen molar-refractivity contribution in [3.63, 3.8) is 0 Å². The average Bonchev–Trinajstić information content (AvgIpc) is 2.62. The van der Waals surface area contributed by atoms with Crippen LogP contribution in [0.25, 0.3) is 0 Å². The smallest absolute Gasteiger partial charge is 0.222 e. The molecule has 5 nitrogen and oxygen atoms in total. The van der Waals surface area contributed by atoms with Crippen molar-refractivity contribution in [2.45, 2.75) is 38.8 Å². The Hall–Kier alpha value is -2.82. The molecule has 2 aromatic carbocycles. The summed E-state index contributed by atoms with van der Waals surface area (Å²) in [7, 11) is 0. The number of hydrogen-bond donors (Lipinski definition) is 2. The first-order valence-electron chi connectivity index (χ1n) is 8.87. The molecule has 0 saturated heterocycles. The molecule has 2 atom stereocenters. The standard InChI is InChI=1S/C21H24N2O3/c1-14-7-9-16(10-8-14)19(22-15(2)24)13-21(25)23-18-11-12-26-20-6-4-3-5-17(18)20/h3-10,18-19H,11-13H2,1-2H3,(H,22,24)(H,23,25)/t18-,19-/m0/s1. The van der Waals surface area contributed by atoms with E-state index in [1.54, 1.807) is 0 Å². The van der Waals surface area contributed by atoms with E-state index in [2.05, 4.69) is 10.6 Å². The molecule has 1 heterocycles. The minimum Gasteiger partial charge on any atom is -0.493 e. The van der Waals surface area contributed by atoms with Crippen LogP contribution >= 0.6 is 0 Å². The molecule has 0 saturated carbocycles. The second-order valence-electron chi connectivity index (χ2n) is 6.66. The van der Waals surface area contributed by atoms with Gasteiger partial charge < -0.3 is 15.4 Å². The molecule has 0 aromatic heterocycles. The highest BCUT2D eigenvalue weighted by atomic mass is 16.5. The minimum absolute atomic E-state index is 0.0663. The molecule has 1 aliphatic heterocycles. The van der Waals surface area contributed by atoms with Crippen LogP contribution in [0.3, 0.4) is 0 Å². The molecule has 136 valence electrons. The Balaban J connectivity index is 1.70. The van der Waals surface area contributed by atoms with Gasteiger partial charge in [-0.05, 0) is 18.6 Å². The summed E-state index contributed by atoms with van der Waals surface area (Å²) < 4.78 is 5.64. The summed E-state index contributed by atoms with van der Waals surface area (Å²) in [6, 6.07) is 15.2. The van der Waals surface area contributed by atoms with Gasteiger partial charge in [0.1, 0.15) is 5.75 Å². The maximum Gasteiger partial charge on any atom is 0.222 e. The van der Waals surface area contributed by atoms with Crippen LogP contribution in [0.4, 0.5) is 0 Å². The van der Waals surface area contributed by atoms with E-state index in [0.29, 0.717) is 6.61 Å². The Morgan fingerprint density at radius 3 is 2.62 bits per heavy atom. The highest BCUT2D eigenvalue weighted by molar-refractivity contribution is 5.79. The first-order valence-corrected chi connectivity index (χ1v) is 8.87. The number of ether oxygens (including phenoxy) is 1. The van der Waals surface area contributed by atoms with Crippen LogP contribution in [-0.2, 0) is 9.59 Å². The average molecular weight is 352 g/mol. The van der Waals surface area contributed by atoms with Gasteiger partial charge in [-0.3, -0.25) is 9.59 Å². The van der Waals surface area contributed by atoms with Crippen LogP contribution in [0.2, 0.25) is 0 Å². The molecule has 0 spiro atoms. The largest absolute Gasteiger partial charge is 0.493 e. The van der Waals surface area contributed by atoms with Crippen LogP contribution in [-0.4, -0.2) is 18.4 Å². The second-order valence-corrected chi connectivity index (χ2v) is 6.66. The lowest BCUT2D eigenvalue weighted by atomic mass is 9.99. The highest BCUT2D eigenvalue weighted by Crippen LogP contribution is 2.31. The summed E-state index contributed by atoms with van der Waals surface area (Å²) in [5.41, 5.74) is 3.06. The molecule has 2 aromatic rings. The van der Waals surface area contributed by atoms with Gasteiger partial charge in [0.15, 0.2) is 0 Å². The lowest BCUT2D eigenvalue weighted by Gasteiger charge is -2.27. The number of rotatable bonds is 5. The summed E-state index contributed by atoms with van der Waals surface area (Å²) in [6.45, 7) is 4.05. The molecule has 0 radical (unpaired) electrons. The summed E-state index contributed by atoms with van der Waals surface area (Å²) in [5, 5.41) is 5.97. The van der Waals surface area contributed by atoms with Crippen molar-refractivity contribution in [3.8, 4) is 5.75 Å². The maximum absolute atomic E-state index is 12.7. The van der Waals surface area contributed by atoms with Gasteiger partial charge in [0.2, 0.25) is 11.8 Å². The third-order valence-electron chi connectivity index (χ3n) is 4.54. The molecule has 5 heteroatoms. The van der Waals surface area contributed by atoms with Gasteiger partial charge in [-0.2, -0.15) is 0 Å². The zero-order valence-electron chi connectivity index (χ0n) is 15.1. The van der Waals surface area contributed by atoms with Gasteiger partial charge in [-0.1, -0.05) is 48.0 Å². The fraction of sp³-hybridized carbons (Fsp3) is 0.333. The van der Waals surface area contributed by atoms with Crippen LogP contribution in [0.1, 0.15) is 48.5 Å². The summed E-state index contributed by atoms with van der Waals surface area (Å²) in [6.07, 6.45) is 0.931. The molecular weight excluding hydrogens is 328 g/mol. The van der Waals surface area contributed by atoms with Crippen molar-refractivity contribution < 1.29 is 14.3 Å². The van der Waals surface area contributed by atoms with Crippen molar-refractivity contribution in [2.24, 2.45) is 0 Å². The molecule has 0 bridgehead atoms. The Labute approximate surface area is 153 Å². The van der Waals surface area contributed by atoms with Gasteiger partial charge in [0, 0.05) is 18.9 Å². The number of carbonyl (C=O) groups excluding carboxylic acids is 2. The number of nitrogens with one attached hydrogen (secondary N) is 2. The van der Waals surface area contributed by atoms with E-state index in [-0.39, 0.29) is 30.3 Å². The number of aryl methyl sites for hydroxylation is 1. The van der Waals surface area contributed by atoms with E-state index < -0.39 is 0 Å². The van der Waals surface area contributed by atoms with Gasteiger partial charge in [-0.25, -0.2) is 0 Å². The number of amides is 2.